The monoisotopic (exact) mass is 300 g/mol. The van der Waals surface area contributed by atoms with Crippen LogP contribution in [0.5, 0.6) is 0 Å². The number of hydrogen-bond acceptors (Lipinski definition) is 2. The van der Waals surface area contributed by atoms with Crippen molar-refractivity contribution in [1.29, 1.82) is 0 Å². The summed E-state index contributed by atoms with van der Waals surface area (Å²) in [5.41, 5.74) is 1.17. The van der Waals surface area contributed by atoms with Crippen LogP contribution in [0.2, 0.25) is 0 Å². The van der Waals surface area contributed by atoms with Crippen LogP contribution in [0.3, 0.4) is 0 Å². The minimum absolute atomic E-state index is 0.247. The van der Waals surface area contributed by atoms with Gasteiger partial charge in [0.1, 0.15) is 0 Å². The van der Waals surface area contributed by atoms with Gasteiger partial charge in [-0.3, -0.25) is 4.79 Å². The Balaban J connectivity index is 1.71. The highest BCUT2D eigenvalue weighted by Gasteiger charge is 2.20. The zero-order chi connectivity index (χ0) is 15.8. The van der Waals surface area contributed by atoms with E-state index in [0.717, 1.165) is 6.42 Å². The summed E-state index contributed by atoms with van der Waals surface area (Å²) in [4.78, 5) is 16.4. The Morgan fingerprint density at radius 3 is 2.82 bits per heavy atom. The number of amides is 1. The summed E-state index contributed by atoms with van der Waals surface area (Å²) in [7, 11) is 4.07. The van der Waals surface area contributed by atoms with E-state index in [1.54, 1.807) is 0 Å². The number of likely N-dealkylation sites (N-methyl/N-ethyl adjacent to an activating group) is 1. The molecule has 1 aromatic rings. The Labute approximate surface area is 134 Å². The Bertz CT molecular complexity index is 483. The van der Waals surface area contributed by atoms with E-state index in [1.165, 1.54) is 31.4 Å². The minimum Gasteiger partial charge on any atom is -0.342 e. The Morgan fingerprint density at radius 2 is 2.09 bits per heavy atom. The molecule has 1 saturated heterocycles. The van der Waals surface area contributed by atoms with Crippen LogP contribution in [0.4, 0.5) is 0 Å². The molecule has 120 valence electrons. The molecule has 0 radical (unpaired) electrons. The molecule has 1 heterocycles. The first-order chi connectivity index (χ1) is 10.7. The number of carbonyl (C=O) groups is 1. The Morgan fingerprint density at radius 1 is 1.32 bits per heavy atom. The number of benzene rings is 1. The third kappa shape index (κ3) is 5.30. The Kier molecular flexibility index (Phi) is 6.66. The van der Waals surface area contributed by atoms with Crippen molar-refractivity contribution in [2.24, 2.45) is 0 Å². The van der Waals surface area contributed by atoms with Crippen LogP contribution in [0.15, 0.2) is 36.4 Å². The SMILES string of the molecule is CN(C/C=C/c1ccccc1)C(=O)CC[C@@H]1CCCCN1C. The third-order valence-corrected chi connectivity index (χ3v) is 4.53. The highest BCUT2D eigenvalue weighted by Crippen LogP contribution is 2.19. The number of nitrogens with zero attached hydrogens (tertiary/aromatic N) is 2. The molecule has 1 fully saturated rings. The van der Waals surface area contributed by atoms with Crippen LogP contribution in [0, 0.1) is 0 Å². The average Bonchev–Trinajstić information content (AvgIpc) is 2.54. The molecule has 0 aliphatic carbocycles. The van der Waals surface area contributed by atoms with E-state index in [1.807, 2.05) is 30.1 Å². The van der Waals surface area contributed by atoms with Gasteiger partial charge in [0.2, 0.25) is 5.91 Å². The lowest BCUT2D eigenvalue weighted by Crippen LogP contribution is -2.37. The van der Waals surface area contributed by atoms with Crippen molar-refractivity contribution in [3.63, 3.8) is 0 Å². The first-order valence-electron chi connectivity index (χ1n) is 8.32. The summed E-state index contributed by atoms with van der Waals surface area (Å²) >= 11 is 0. The van der Waals surface area contributed by atoms with Crippen LogP contribution in [0.25, 0.3) is 6.08 Å². The van der Waals surface area contributed by atoms with Gasteiger partial charge in [-0.1, -0.05) is 48.9 Å². The molecule has 2 rings (SSSR count). The number of piperidine rings is 1. The molecule has 0 unspecified atom stereocenters. The standard InChI is InChI=1S/C19H28N2O/c1-20-15-7-6-12-18(20)13-14-19(22)21(2)16-8-11-17-9-4-3-5-10-17/h3-5,8-11,18H,6-7,12-16H2,1-2H3/b11-8+/t18-/m0/s1. The van der Waals surface area contributed by atoms with Crippen LogP contribution in [0.1, 0.15) is 37.7 Å². The lowest BCUT2D eigenvalue weighted by molar-refractivity contribution is -0.129. The van der Waals surface area contributed by atoms with Gasteiger partial charge >= 0.3 is 0 Å². The van der Waals surface area contributed by atoms with E-state index >= 15 is 0 Å². The van der Waals surface area contributed by atoms with Crippen molar-refractivity contribution < 1.29 is 4.79 Å². The quantitative estimate of drug-likeness (QED) is 0.803. The maximum absolute atomic E-state index is 12.2. The van der Waals surface area contributed by atoms with Crippen LogP contribution >= 0.6 is 0 Å². The van der Waals surface area contributed by atoms with E-state index in [2.05, 4.69) is 36.2 Å². The maximum Gasteiger partial charge on any atom is 0.222 e. The lowest BCUT2D eigenvalue weighted by atomic mass is 9.98. The summed E-state index contributed by atoms with van der Waals surface area (Å²) in [5, 5.41) is 0. The van der Waals surface area contributed by atoms with Crippen molar-refractivity contribution in [3.8, 4) is 0 Å². The largest absolute Gasteiger partial charge is 0.342 e. The van der Waals surface area contributed by atoms with Gasteiger partial charge < -0.3 is 9.80 Å². The number of carbonyl (C=O) groups excluding carboxylic acids is 1. The van der Waals surface area contributed by atoms with Gasteiger partial charge in [-0.15, -0.1) is 0 Å². The molecular formula is C19H28N2O. The van der Waals surface area contributed by atoms with Crippen molar-refractivity contribution in [1.82, 2.24) is 9.80 Å². The lowest BCUT2D eigenvalue weighted by Gasteiger charge is -2.32. The molecular weight excluding hydrogens is 272 g/mol. The summed E-state index contributed by atoms with van der Waals surface area (Å²) in [5.74, 6) is 0.247. The highest BCUT2D eigenvalue weighted by molar-refractivity contribution is 5.76. The molecule has 1 aromatic carbocycles. The molecule has 0 spiro atoms. The van der Waals surface area contributed by atoms with Crippen molar-refractivity contribution in [2.45, 2.75) is 38.1 Å². The van der Waals surface area contributed by atoms with Crippen LogP contribution in [-0.4, -0.2) is 48.9 Å². The van der Waals surface area contributed by atoms with Crippen LogP contribution in [-0.2, 0) is 4.79 Å². The Hall–Kier alpha value is -1.61. The summed E-state index contributed by atoms with van der Waals surface area (Å²) in [6, 6.07) is 10.8. The predicted molar refractivity (Wildman–Crippen MR) is 92.6 cm³/mol. The first kappa shape index (κ1) is 16.8. The molecule has 22 heavy (non-hydrogen) atoms. The molecule has 0 aromatic heterocycles. The molecule has 1 atom stereocenters. The second-order valence-electron chi connectivity index (χ2n) is 6.26. The molecule has 0 N–H and O–H groups in total. The van der Waals surface area contributed by atoms with Gasteiger partial charge in [-0.05, 0) is 38.4 Å². The molecule has 3 heteroatoms. The fraction of sp³-hybridized carbons (Fsp3) is 0.526. The number of rotatable bonds is 6. The van der Waals surface area contributed by atoms with Crippen molar-refractivity contribution >= 4 is 12.0 Å². The first-order valence-corrected chi connectivity index (χ1v) is 8.32. The number of likely N-dealkylation sites (tertiary alicyclic amines) is 1. The van der Waals surface area contributed by atoms with Gasteiger partial charge in [0.25, 0.3) is 0 Å². The maximum atomic E-state index is 12.2. The zero-order valence-corrected chi connectivity index (χ0v) is 13.9. The summed E-state index contributed by atoms with van der Waals surface area (Å²) in [6.07, 6.45) is 9.61. The van der Waals surface area contributed by atoms with Crippen LogP contribution < -0.4 is 0 Å². The summed E-state index contributed by atoms with van der Waals surface area (Å²) < 4.78 is 0. The normalized spacial score (nSPS) is 19.5. The molecule has 0 saturated carbocycles. The molecule has 1 aliphatic heterocycles. The zero-order valence-electron chi connectivity index (χ0n) is 13.9. The van der Waals surface area contributed by atoms with Crippen molar-refractivity contribution in [3.05, 3.63) is 42.0 Å². The van der Waals surface area contributed by atoms with Gasteiger partial charge in [-0.25, -0.2) is 0 Å². The van der Waals surface area contributed by atoms with Gasteiger partial charge in [-0.2, -0.15) is 0 Å². The van der Waals surface area contributed by atoms with Gasteiger partial charge in [0.05, 0.1) is 0 Å². The topological polar surface area (TPSA) is 23.6 Å². The summed E-state index contributed by atoms with van der Waals surface area (Å²) in [6.45, 7) is 1.85. The van der Waals surface area contributed by atoms with Gasteiger partial charge in [0.15, 0.2) is 0 Å². The molecule has 0 bridgehead atoms. The predicted octanol–water partition coefficient (Wildman–Crippen LogP) is 3.42. The molecule has 1 amide bonds. The number of hydrogen-bond donors (Lipinski definition) is 0. The fourth-order valence-electron chi connectivity index (χ4n) is 3.00. The average molecular weight is 300 g/mol. The third-order valence-electron chi connectivity index (χ3n) is 4.53. The van der Waals surface area contributed by atoms with E-state index in [4.69, 9.17) is 0 Å². The van der Waals surface area contributed by atoms with E-state index in [0.29, 0.717) is 19.0 Å². The van der Waals surface area contributed by atoms with Crippen molar-refractivity contribution in [2.75, 3.05) is 27.2 Å². The second kappa shape index (κ2) is 8.74. The molecule has 3 nitrogen and oxygen atoms in total. The molecule has 1 aliphatic rings. The highest BCUT2D eigenvalue weighted by atomic mass is 16.2. The second-order valence-corrected chi connectivity index (χ2v) is 6.26. The smallest absolute Gasteiger partial charge is 0.222 e. The van der Waals surface area contributed by atoms with Gasteiger partial charge in [0, 0.05) is 26.1 Å². The van der Waals surface area contributed by atoms with E-state index in [-0.39, 0.29) is 5.91 Å². The fourth-order valence-corrected chi connectivity index (χ4v) is 3.00. The van der Waals surface area contributed by atoms with E-state index < -0.39 is 0 Å². The minimum atomic E-state index is 0.247. The van der Waals surface area contributed by atoms with E-state index in [9.17, 15) is 4.79 Å².